The zero-order valence-electron chi connectivity index (χ0n) is 12.1. The van der Waals surface area contributed by atoms with Crippen LogP contribution in [-0.4, -0.2) is 33.4 Å². The zero-order chi connectivity index (χ0) is 14.8. The van der Waals surface area contributed by atoms with E-state index in [9.17, 15) is 5.11 Å². The van der Waals surface area contributed by atoms with Crippen LogP contribution in [0.1, 0.15) is 5.56 Å². The van der Waals surface area contributed by atoms with E-state index < -0.39 is 0 Å². The predicted octanol–water partition coefficient (Wildman–Crippen LogP) is 2.41. The highest BCUT2D eigenvalue weighted by molar-refractivity contribution is 5.78. The van der Waals surface area contributed by atoms with E-state index in [4.69, 9.17) is 4.74 Å². The Balaban J connectivity index is 2.22. The quantitative estimate of drug-likeness (QED) is 0.798. The lowest BCUT2D eigenvalue weighted by Gasteiger charge is -2.08. The Morgan fingerprint density at radius 3 is 2.90 bits per heavy atom. The molecule has 1 aromatic carbocycles. The fourth-order valence-corrected chi connectivity index (χ4v) is 2.41. The normalized spacial score (nSPS) is 11.0. The molecule has 0 aliphatic heterocycles. The number of hydrogen-bond acceptors (Lipinski definition) is 4. The first-order valence-electron chi connectivity index (χ1n) is 6.81. The molecule has 0 bridgehead atoms. The van der Waals surface area contributed by atoms with Crippen LogP contribution in [0.2, 0.25) is 0 Å². The summed E-state index contributed by atoms with van der Waals surface area (Å²) in [6, 6.07) is 9.73. The molecule has 3 aromatic rings. The molecule has 21 heavy (non-hydrogen) atoms. The van der Waals surface area contributed by atoms with Crippen molar-refractivity contribution in [2.24, 2.45) is 0 Å². The molecule has 2 heterocycles. The zero-order valence-corrected chi connectivity index (χ0v) is 12.1. The Kier molecular flexibility index (Phi) is 3.58. The number of methoxy groups -OCH3 is 1. The van der Waals surface area contributed by atoms with Gasteiger partial charge in [0.1, 0.15) is 17.1 Å². The van der Waals surface area contributed by atoms with Crippen molar-refractivity contribution in [1.29, 1.82) is 0 Å². The van der Waals surface area contributed by atoms with Crippen molar-refractivity contribution in [3.8, 4) is 17.1 Å². The molecule has 5 nitrogen and oxygen atoms in total. The largest absolute Gasteiger partial charge is 0.497 e. The van der Waals surface area contributed by atoms with Crippen LogP contribution in [0, 0.1) is 6.92 Å². The number of imidazole rings is 1. The van der Waals surface area contributed by atoms with Gasteiger partial charge in [0.15, 0.2) is 5.65 Å². The second-order valence-corrected chi connectivity index (χ2v) is 4.90. The summed E-state index contributed by atoms with van der Waals surface area (Å²) in [4.78, 5) is 9.12. The lowest BCUT2D eigenvalue weighted by atomic mass is 10.2. The molecule has 2 aromatic heterocycles. The number of rotatable bonds is 4. The Hall–Kier alpha value is -2.40. The van der Waals surface area contributed by atoms with Crippen LogP contribution in [0.5, 0.6) is 5.75 Å². The summed E-state index contributed by atoms with van der Waals surface area (Å²) in [5.41, 5.74) is 3.63. The third-order valence-corrected chi connectivity index (χ3v) is 3.37. The van der Waals surface area contributed by atoms with Crippen LogP contribution >= 0.6 is 0 Å². The molecule has 0 aliphatic rings. The number of aromatic nitrogens is 3. The predicted molar refractivity (Wildman–Crippen MR) is 81.3 cm³/mol. The maximum absolute atomic E-state index is 9.32. The van der Waals surface area contributed by atoms with Gasteiger partial charge in [0.25, 0.3) is 0 Å². The summed E-state index contributed by atoms with van der Waals surface area (Å²) >= 11 is 0. The van der Waals surface area contributed by atoms with E-state index in [1.165, 1.54) is 0 Å². The second kappa shape index (κ2) is 5.54. The molecule has 3 rings (SSSR count). The summed E-state index contributed by atoms with van der Waals surface area (Å²) in [5.74, 6) is 1.57. The molecule has 5 heteroatoms. The van der Waals surface area contributed by atoms with Crippen molar-refractivity contribution in [2.75, 3.05) is 13.7 Å². The Morgan fingerprint density at radius 2 is 2.14 bits per heavy atom. The Bertz CT molecular complexity index is 780. The van der Waals surface area contributed by atoms with Crippen molar-refractivity contribution in [3.05, 3.63) is 42.1 Å². The number of benzene rings is 1. The molecule has 0 unspecified atom stereocenters. The number of hydrogen-bond donors (Lipinski definition) is 1. The number of ether oxygens (including phenoxy) is 1. The average Bonchev–Trinajstić information content (AvgIpc) is 2.85. The van der Waals surface area contributed by atoms with Gasteiger partial charge in [-0.05, 0) is 30.7 Å². The number of pyridine rings is 1. The fraction of sp³-hybridized carbons (Fsp3) is 0.250. The lowest BCUT2D eigenvalue weighted by Crippen LogP contribution is -2.05. The number of aliphatic hydroxyl groups excluding tert-OH is 1. The molecule has 0 spiro atoms. The number of aliphatic hydroxyl groups is 1. The van der Waals surface area contributed by atoms with E-state index in [-0.39, 0.29) is 6.61 Å². The van der Waals surface area contributed by atoms with Crippen LogP contribution in [0.15, 0.2) is 36.5 Å². The molecular formula is C16H17N3O2. The third-order valence-electron chi connectivity index (χ3n) is 3.37. The van der Waals surface area contributed by atoms with Crippen LogP contribution in [-0.2, 0) is 6.54 Å². The first-order valence-corrected chi connectivity index (χ1v) is 6.81. The van der Waals surface area contributed by atoms with Crippen LogP contribution in [0.3, 0.4) is 0 Å². The van der Waals surface area contributed by atoms with E-state index in [1.54, 1.807) is 7.11 Å². The second-order valence-electron chi connectivity index (χ2n) is 4.90. The van der Waals surface area contributed by atoms with Gasteiger partial charge in [0, 0.05) is 18.3 Å². The Labute approximate surface area is 122 Å². The maximum Gasteiger partial charge on any atom is 0.160 e. The fourth-order valence-electron chi connectivity index (χ4n) is 2.41. The summed E-state index contributed by atoms with van der Waals surface area (Å²) in [5, 5.41) is 9.32. The SMILES string of the molecule is COc1cccc(-c2nc3cc(C)cnc3n2CCO)c1. The van der Waals surface area contributed by atoms with Gasteiger partial charge >= 0.3 is 0 Å². The van der Waals surface area contributed by atoms with Gasteiger partial charge < -0.3 is 14.4 Å². The van der Waals surface area contributed by atoms with Gasteiger partial charge in [-0.1, -0.05) is 12.1 Å². The van der Waals surface area contributed by atoms with Gasteiger partial charge in [0.2, 0.25) is 0 Å². The standard InChI is InChI=1S/C16H17N3O2/c1-11-8-14-16(17-10-11)19(6-7-20)15(18-14)12-4-3-5-13(9-12)21-2/h3-5,8-10,20H,6-7H2,1-2H3. The van der Waals surface area contributed by atoms with Crippen LogP contribution in [0.25, 0.3) is 22.6 Å². The molecule has 0 saturated heterocycles. The van der Waals surface area contributed by atoms with Crippen molar-refractivity contribution in [1.82, 2.24) is 14.5 Å². The highest BCUT2D eigenvalue weighted by Gasteiger charge is 2.14. The minimum atomic E-state index is 0.0397. The maximum atomic E-state index is 9.32. The number of aryl methyl sites for hydroxylation is 1. The van der Waals surface area contributed by atoms with Gasteiger partial charge in [-0.15, -0.1) is 0 Å². The molecule has 0 amide bonds. The highest BCUT2D eigenvalue weighted by Crippen LogP contribution is 2.26. The Morgan fingerprint density at radius 1 is 1.29 bits per heavy atom. The van der Waals surface area contributed by atoms with Gasteiger partial charge in [-0.2, -0.15) is 0 Å². The first kappa shape index (κ1) is 13.6. The molecule has 0 fully saturated rings. The average molecular weight is 283 g/mol. The van der Waals surface area contributed by atoms with Crippen molar-refractivity contribution < 1.29 is 9.84 Å². The van der Waals surface area contributed by atoms with E-state index in [0.717, 1.165) is 33.9 Å². The summed E-state index contributed by atoms with van der Waals surface area (Å²) in [6.07, 6.45) is 1.81. The smallest absolute Gasteiger partial charge is 0.160 e. The van der Waals surface area contributed by atoms with E-state index >= 15 is 0 Å². The number of fused-ring (bicyclic) bond motifs is 1. The summed E-state index contributed by atoms with van der Waals surface area (Å²) < 4.78 is 7.20. The van der Waals surface area contributed by atoms with Crippen LogP contribution in [0.4, 0.5) is 0 Å². The molecule has 0 atom stereocenters. The third kappa shape index (κ3) is 2.48. The monoisotopic (exact) mass is 283 g/mol. The molecule has 0 radical (unpaired) electrons. The summed E-state index contributed by atoms with van der Waals surface area (Å²) in [6.45, 7) is 2.49. The molecule has 1 N–H and O–H groups in total. The molecule has 0 aliphatic carbocycles. The van der Waals surface area contributed by atoms with E-state index in [1.807, 2.05) is 48.0 Å². The van der Waals surface area contributed by atoms with Gasteiger partial charge in [0.05, 0.1) is 13.7 Å². The van der Waals surface area contributed by atoms with Crippen molar-refractivity contribution in [2.45, 2.75) is 13.5 Å². The molecule has 108 valence electrons. The van der Waals surface area contributed by atoms with E-state index in [2.05, 4.69) is 9.97 Å². The van der Waals surface area contributed by atoms with Crippen molar-refractivity contribution >= 4 is 11.2 Å². The molecule has 0 saturated carbocycles. The minimum absolute atomic E-state index is 0.0397. The molecular weight excluding hydrogens is 266 g/mol. The lowest BCUT2D eigenvalue weighted by molar-refractivity contribution is 0.278. The van der Waals surface area contributed by atoms with Crippen LogP contribution < -0.4 is 4.74 Å². The highest BCUT2D eigenvalue weighted by atomic mass is 16.5. The topological polar surface area (TPSA) is 60.2 Å². The van der Waals surface area contributed by atoms with Gasteiger partial charge in [-0.3, -0.25) is 0 Å². The summed E-state index contributed by atoms with van der Waals surface area (Å²) in [7, 11) is 1.64. The first-order chi connectivity index (χ1) is 10.2. The minimum Gasteiger partial charge on any atom is -0.497 e. The van der Waals surface area contributed by atoms with E-state index in [0.29, 0.717) is 6.54 Å². The van der Waals surface area contributed by atoms with Gasteiger partial charge in [-0.25, -0.2) is 9.97 Å². The van der Waals surface area contributed by atoms with Crippen molar-refractivity contribution in [3.63, 3.8) is 0 Å². The number of nitrogens with zero attached hydrogens (tertiary/aromatic N) is 3.